The molecule has 4 rings (SSSR count). The van der Waals surface area contributed by atoms with Gasteiger partial charge in [0.05, 0.1) is 5.56 Å². The van der Waals surface area contributed by atoms with Crippen molar-refractivity contribution in [2.45, 2.75) is 31.8 Å². The van der Waals surface area contributed by atoms with E-state index in [0.29, 0.717) is 29.5 Å². The number of aromatic nitrogens is 1. The lowest BCUT2D eigenvalue weighted by molar-refractivity contribution is 0.0768. The zero-order valence-electron chi connectivity index (χ0n) is 15.1. The second kappa shape index (κ2) is 6.26. The molecule has 130 valence electrons. The summed E-state index contributed by atoms with van der Waals surface area (Å²) in [6, 6.07) is 13.3. The lowest BCUT2D eigenvalue weighted by atomic mass is 9.93. The summed E-state index contributed by atoms with van der Waals surface area (Å²) in [6.45, 7) is 6.10. The summed E-state index contributed by atoms with van der Waals surface area (Å²) >= 11 is 0. The van der Waals surface area contributed by atoms with Crippen molar-refractivity contribution in [3.8, 4) is 0 Å². The second-order valence-corrected chi connectivity index (χ2v) is 7.56. The number of fused-ring (bicyclic) bond motifs is 3. The minimum Gasteiger partial charge on any atom is -0.338 e. The van der Waals surface area contributed by atoms with Gasteiger partial charge in [0.2, 0.25) is 0 Å². The van der Waals surface area contributed by atoms with Gasteiger partial charge in [-0.15, -0.1) is 0 Å². The van der Waals surface area contributed by atoms with E-state index >= 15 is 0 Å². The first-order valence-corrected chi connectivity index (χ1v) is 9.08. The van der Waals surface area contributed by atoms with Gasteiger partial charge in [0, 0.05) is 49.4 Å². The Hall–Kier alpha value is -2.20. The molecule has 1 aliphatic heterocycles. The van der Waals surface area contributed by atoms with Gasteiger partial charge in [-0.25, -0.2) is 0 Å². The molecule has 1 saturated heterocycles. The van der Waals surface area contributed by atoms with Gasteiger partial charge in [0.25, 0.3) is 5.91 Å². The molecule has 1 amide bonds. The van der Waals surface area contributed by atoms with Gasteiger partial charge in [-0.3, -0.25) is 14.7 Å². The molecule has 2 aliphatic rings. The van der Waals surface area contributed by atoms with Crippen molar-refractivity contribution in [1.82, 2.24) is 14.8 Å². The smallest absolute Gasteiger partial charge is 0.255 e. The maximum absolute atomic E-state index is 12.9. The molecule has 4 heteroatoms. The molecule has 0 bridgehead atoms. The quantitative estimate of drug-likeness (QED) is 0.863. The standard InChI is InChI=1S/C21H25N3O/c1-14(2)23(3)20-17-9-5-4-8-16(17)18-12-24(13-19(18)20)21(25)15-7-6-10-22-11-15/h4-11,14,18-20H,12-13H2,1-3H3/t18-,19-,20-/m0/s1. The predicted octanol–water partition coefficient (Wildman–Crippen LogP) is 3.33. The Labute approximate surface area is 149 Å². The van der Waals surface area contributed by atoms with Crippen molar-refractivity contribution in [3.63, 3.8) is 0 Å². The van der Waals surface area contributed by atoms with E-state index < -0.39 is 0 Å². The molecule has 1 aromatic heterocycles. The Morgan fingerprint density at radius 2 is 1.92 bits per heavy atom. The van der Waals surface area contributed by atoms with E-state index in [9.17, 15) is 4.79 Å². The number of carbonyl (C=O) groups excluding carboxylic acids is 1. The normalized spacial score (nSPS) is 24.7. The average Bonchev–Trinajstić information content (AvgIpc) is 3.18. The average molecular weight is 335 g/mol. The third kappa shape index (κ3) is 2.65. The predicted molar refractivity (Wildman–Crippen MR) is 98.5 cm³/mol. The van der Waals surface area contributed by atoms with Gasteiger partial charge in [-0.05, 0) is 44.2 Å². The van der Waals surface area contributed by atoms with Crippen LogP contribution in [0.2, 0.25) is 0 Å². The summed E-state index contributed by atoms with van der Waals surface area (Å²) in [6.07, 6.45) is 3.38. The van der Waals surface area contributed by atoms with Crippen molar-refractivity contribution in [2.75, 3.05) is 20.1 Å². The summed E-state index contributed by atoms with van der Waals surface area (Å²) in [5.74, 6) is 0.999. The lowest BCUT2D eigenvalue weighted by Crippen LogP contribution is -2.36. The maximum Gasteiger partial charge on any atom is 0.255 e. The molecule has 2 aromatic rings. The second-order valence-electron chi connectivity index (χ2n) is 7.56. The maximum atomic E-state index is 12.9. The highest BCUT2D eigenvalue weighted by Crippen LogP contribution is 2.51. The number of hydrogen-bond acceptors (Lipinski definition) is 3. The fourth-order valence-electron chi connectivity index (χ4n) is 4.51. The van der Waals surface area contributed by atoms with Gasteiger partial charge in [0.15, 0.2) is 0 Å². The molecule has 0 unspecified atom stereocenters. The molecule has 1 aromatic carbocycles. The Balaban J connectivity index is 1.65. The van der Waals surface area contributed by atoms with E-state index in [1.807, 2.05) is 17.0 Å². The monoisotopic (exact) mass is 335 g/mol. The Kier molecular flexibility index (Phi) is 4.08. The number of benzene rings is 1. The summed E-state index contributed by atoms with van der Waals surface area (Å²) in [5, 5.41) is 0. The molecule has 0 saturated carbocycles. The number of nitrogens with zero attached hydrogens (tertiary/aromatic N) is 3. The highest BCUT2D eigenvalue weighted by Gasteiger charge is 2.48. The van der Waals surface area contributed by atoms with E-state index in [1.165, 1.54) is 11.1 Å². The Bertz CT molecular complexity index is 774. The topological polar surface area (TPSA) is 36.4 Å². The van der Waals surface area contributed by atoms with E-state index in [1.54, 1.807) is 12.4 Å². The minimum atomic E-state index is 0.103. The largest absolute Gasteiger partial charge is 0.338 e. The number of pyridine rings is 1. The number of amides is 1. The number of hydrogen-bond donors (Lipinski definition) is 0. The van der Waals surface area contributed by atoms with Gasteiger partial charge >= 0.3 is 0 Å². The van der Waals surface area contributed by atoms with Crippen LogP contribution >= 0.6 is 0 Å². The molecular formula is C21H25N3O. The van der Waals surface area contributed by atoms with Crippen LogP contribution in [0, 0.1) is 5.92 Å². The van der Waals surface area contributed by atoms with Crippen LogP contribution in [0.15, 0.2) is 48.8 Å². The summed E-state index contributed by atoms with van der Waals surface area (Å²) in [7, 11) is 2.21. The first kappa shape index (κ1) is 16.3. The highest BCUT2D eigenvalue weighted by atomic mass is 16.2. The zero-order chi connectivity index (χ0) is 17.6. The van der Waals surface area contributed by atoms with Crippen LogP contribution in [0.5, 0.6) is 0 Å². The molecule has 1 fully saturated rings. The van der Waals surface area contributed by atoms with Crippen LogP contribution < -0.4 is 0 Å². The van der Waals surface area contributed by atoms with Crippen molar-refractivity contribution >= 4 is 5.91 Å². The SMILES string of the molecule is CC(C)N(C)[C@H]1c2ccccc2[C@@H]2CN(C(=O)c3cccnc3)C[C@@H]21. The van der Waals surface area contributed by atoms with Crippen LogP contribution in [0.3, 0.4) is 0 Å². The van der Waals surface area contributed by atoms with Crippen molar-refractivity contribution < 1.29 is 4.79 Å². The lowest BCUT2D eigenvalue weighted by Gasteiger charge is -2.33. The summed E-state index contributed by atoms with van der Waals surface area (Å²) < 4.78 is 0. The van der Waals surface area contributed by atoms with Crippen molar-refractivity contribution in [2.24, 2.45) is 5.92 Å². The number of likely N-dealkylation sites (tertiary alicyclic amines) is 1. The third-order valence-electron chi connectivity index (χ3n) is 5.93. The van der Waals surface area contributed by atoms with Crippen LogP contribution in [0.25, 0.3) is 0 Å². The van der Waals surface area contributed by atoms with Gasteiger partial charge < -0.3 is 4.90 Å². The molecule has 2 heterocycles. The molecule has 4 nitrogen and oxygen atoms in total. The fraction of sp³-hybridized carbons (Fsp3) is 0.429. The van der Waals surface area contributed by atoms with Gasteiger partial charge in [0.1, 0.15) is 0 Å². The molecule has 25 heavy (non-hydrogen) atoms. The van der Waals surface area contributed by atoms with Gasteiger partial charge in [-0.2, -0.15) is 0 Å². The zero-order valence-corrected chi connectivity index (χ0v) is 15.1. The Morgan fingerprint density at radius 3 is 2.60 bits per heavy atom. The molecular weight excluding hydrogens is 310 g/mol. The van der Waals surface area contributed by atoms with E-state index in [0.717, 1.165) is 13.1 Å². The molecule has 0 spiro atoms. The van der Waals surface area contributed by atoms with Crippen molar-refractivity contribution in [3.05, 3.63) is 65.5 Å². The van der Waals surface area contributed by atoms with Crippen molar-refractivity contribution in [1.29, 1.82) is 0 Å². The van der Waals surface area contributed by atoms with E-state index in [4.69, 9.17) is 0 Å². The first-order valence-electron chi connectivity index (χ1n) is 9.08. The number of carbonyl (C=O) groups is 1. The van der Waals surface area contributed by atoms with E-state index in [-0.39, 0.29) is 5.91 Å². The van der Waals surface area contributed by atoms with E-state index in [2.05, 4.69) is 55.0 Å². The van der Waals surface area contributed by atoms with Gasteiger partial charge in [-0.1, -0.05) is 24.3 Å². The number of rotatable bonds is 3. The molecule has 0 radical (unpaired) electrons. The van der Waals surface area contributed by atoms with Crippen LogP contribution in [0.1, 0.15) is 47.3 Å². The molecule has 1 aliphatic carbocycles. The molecule has 3 atom stereocenters. The summed E-state index contributed by atoms with van der Waals surface area (Å²) in [5.41, 5.74) is 3.55. The minimum absolute atomic E-state index is 0.103. The van der Waals surface area contributed by atoms with Crippen LogP contribution in [-0.2, 0) is 0 Å². The van der Waals surface area contributed by atoms with Crippen LogP contribution in [0.4, 0.5) is 0 Å². The third-order valence-corrected chi connectivity index (χ3v) is 5.93. The fourth-order valence-corrected chi connectivity index (χ4v) is 4.51. The summed E-state index contributed by atoms with van der Waals surface area (Å²) in [4.78, 5) is 21.4. The first-order chi connectivity index (χ1) is 12.1. The highest BCUT2D eigenvalue weighted by molar-refractivity contribution is 5.94. The van der Waals surface area contributed by atoms with Crippen LogP contribution in [-0.4, -0.2) is 46.9 Å². The Morgan fingerprint density at radius 1 is 1.16 bits per heavy atom. The molecule has 0 N–H and O–H groups in total.